The van der Waals surface area contributed by atoms with Gasteiger partial charge in [-0.2, -0.15) is 0 Å². The van der Waals surface area contributed by atoms with Crippen molar-refractivity contribution in [3.8, 4) is 0 Å². The Morgan fingerprint density at radius 1 is 1.09 bits per heavy atom. The fourth-order valence-electron chi connectivity index (χ4n) is 3.81. The molecule has 5 rings (SSSR count). The predicted octanol–water partition coefficient (Wildman–Crippen LogP) is 4.41. The van der Waals surface area contributed by atoms with Crippen LogP contribution in [0.2, 0.25) is 5.02 Å². The lowest BCUT2D eigenvalue weighted by Crippen LogP contribution is -2.33. The number of para-hydroxylation sites is 1. The first-order valence-corrected chi connectivity index (χ1v) is 10.7. The van der Waals surface area contributed by atoms with Gasteiger partial charge in [-0.3, -0.25) is 20.1 Å². The van der Waals surface area contributed by atoms with E-state index in [1.807, 2.05) is 77.4 Å². The summed E-state index contributed by atoms with van der Waals surface area (Å²) in [4.78, 5) is 22.8. The van der Waals surface area contributed by atoms with Crippen LogP contribution < -0.4 is 10.8 Å². The molecule has 2 aromatic carbocycles. The molecule has 32 heavy (non-hydrogen) atoms. The van der Waals surface area contributed by atoms with Crippen LogP contribution in [-0.4, -0.2) is 28.1 Å². The number of carbonyl (C=O) groups excluding carboxylic acids is 1. The molecule has 3 heterocycles. The maximum Gasteiger partial charge on any atom is 0.268 e. The van der Waals surface area contributed by atoms with E-state index in [4.69, 9.17) is 16.4 Å². The third kappa shape index (κ3) is 4.23. The Morgan fingerprint density at radius 2 is 1.88 bits per heavy atom. The third-order valence-electron chi connectivity index (χ3n) is 5.43. The second-order valence-electron chi connectivity index (χ2n) is 7.59. The molecule has 6 nitrogen and oxygen atoms in total. The first-order chi connectivity index (χ1) is 15.7. The third-order valence-corrected chi connectivity index (χ3v) is 5.68. The molecule has 0 fully saturated rings. The fraction of sp³-hybridized carbons (Fsp3) is 0.120. The Morgan fingerprint density at radius 3 is 2.69 bits per heavy atom. The Bertz CT molecular complexity index is 1280. The monoisotopic (exact) mass is 444 g/mol. The summed E-state index contributed by atoms with van der Waals surface area (Å²) in [6, 6.07) is 21.4. The van der Waals surface area contributed by atoms with Crippen LogP contribution in [0, 0.1) is 0 Å². The van der Waals surface area contributed by atoms with Gasteiger partial charge in [0, 0.05) is 40.4 Å². The highest BCUT2D eigenvalue weighted by atomic mass is 35.5. The zero-order valence-electron chi connectivity index (χ0n) is 17.2. The molecule has 0 saturated heterocycles. The van der Waals surface area contributed by atoms with Crippen LogP contribution in [0.3, 0.4) is 0 Å². The van der Waals surface area contributed by atoms with E-state index in [1.54, 1.807) is 12.4 Å². The summed E-state index contributed by atoms with van der Waals surface area (Å²) in [5, 5.41) is 4.71. The molecule has 0 saturated carbocycles. The number of hydroxylamine groups is 1. The van der Waals surface area contributed by atoms with Crippen molar-refractivity contribution in [2.45, 2.75) is 12.6 Å². The number of benzene rings is 2. The summed E-state index contributed by atoms with van der Waals surface area (Å²) in [5.74, 6) is -0.149. The molecular weight excluding hydrogens is 424 g/mol. The Hall–Kier alpha value is -3.61. The number of aromatic nitrogens is 2. The van der Waals surface area contributed by atoms with Crippen LogP contribution in [0.4, 0.5) is 0 Å². The van der Waals surface area contributed by atoms with Gasteiger partial charge in [-0.05, 0) is 48.0 Å². The Balaban J connectivity index is 1.34. The molecule has 0 radical (unpaired) electrons. The first-order valence-electron chi connectivity index (χ1n) is 10.3. The fourth-order valence-corrected chi connectivity index (χ4v) is 3.93. The first kappa shape index (κ1) is 20.3. The van der Waals surface area contributed by atoms with Crippen LogP contribution >= 0.6 is 11.6 Å². The second-order valence-corrected chi connectivity index (χ2v) is 8.02. The molecule has 1 unspecified atom stereocenters. The van der Waals surface area contributed by atoms with Crippen molar-refractivity contribution in [3.05, 3.63) is 107 Å². The van der Waals surface area contributed by atoms with E-state index in [0.717, 1.165) is 27.7 Å². The van der Waals surface area contributed by atoms with Gasteiger partial charge in [0.1, 0.15) is 11.8 Å². The van der Waals surface area contributed by atoms with Crippen molar-refractivity contribution in [2.24, 2.45) is 0 Å². The topological polar surface area (TPSA) is 68.2 Å². The predicted molar refractivity (Wildman–Crippen MR) is 125 cm³/mol. The molecule has 1 amide bonds. The average molecular weight is 445 g/mol. The maximum atomic E-state index is 13.1. The van der Waals surface area contributed by atoms with E-state index < -0.39 is 0 Å². The van der Waals surface area contributed by atoms with Crippen molar-refractivity contribution in [3.63, 3.8) is 0 Å². The molecule has 2 aromatic heterocycles. The standard InChI is InChI=1S/C25H21ClN4O2/c26-20-7-5-17(6-8-20)16-30-23-4-2-1-3-19(23)13-24(30)25(31)28-15-21-14-22(29-32-21)18-9-11-27-12-10-18/h1-14,21,29H,15-16H2,(H,28,31). The van der Waals surface area contributed by atoms with Crippen molar-refractivity contribution in [1.29, 1.82) is 0 Å². The Labute approximate surface area is 190 Å². The zero-order valence-corrected chi connectivity index (χ0v) is 17.9. The van der Waals surface area contributed by atoms with Crippen molar-refractivity contribution in [1.82, 2.24) is 20.3 Å². The minimum Gasteiger partial charge on any atom is -0.348 e. The highest BCUT2D eigenvalue weighted by molar-refractivity contribution is 6.30. The number of amides is 1. The van der Waals surface area contributed by atoms with Crippen LogP contribution in [0.1, 0.15) is 21.6 Å². The quantitative estimate of drug-likeness (QED) is 0.462. The highest BCUT2D eigenvalue weighted by Gasteiger charge is 2.21. The minimum absolute atomic E-state index is 0.149. The number of nitrogens with zero attached hydrogens (tertiary/aromatic N) is 2. The number of carbonyl (C=O) groups is 1. The number of rotatable bonds is 6. The smallest absolute Gasteiger partial charge is 0.268 e. The lowest BCUT2D eigenvalue weighted by Gasteiger charge is -2.13. The van der Waals surface area contributed by atoms with Gasteiger partial charge in [-0.15, -0.1) is 0 Å². The van der Waals surface area contributed by atoms with Crippen LogP contribution in [0.5, 0.6) is 0 Å². The van der Waals surface area contributed by atoms with Gasteiger partial charge < -0.3 is 9.88 Å². The molecule has 7 heteroatoms. The second kappa shape index (κ2) is 8.86. The molecule has 1 atom stereocenters. The summed E-state index contributed by atoms with van der Waals surface area (Å²) >= 11 is 6.03. The molecule has 1 aliphatic rings. The highest BCUT2D eigenvalue weighted by Crippen LogP contribution is 2.22. The normalized spacial score (nSPS) is 15.4. The van der Waals surface area contributed by atoms with E-state index in [0.29, 0.717) is 23.8 Å². The van der Waals surface area contributed by atoms with Crippen molar-refractivity contribution < 1.29 is 9.63 Å². The van der Waals surface area contributed by atoms with Crippen molar-refractivity contribution in [2.75, 3.05) is 6.54 Å². The van der Waals surface area contributed by atoms with Crippen LogP contribution in [0.25, 0.3) is 16.6 Å². The van der Waals surface area contributed by atoms with Gasteiger partial charge in [-0.1, -0.05) is 41.9 Å². The van der Waals surface area contributed by atoms with Gasteiger partial charge >= 0.3 is 0 Å². The molecule has 160 valence electrons. The van der Waals surface area contributed by atoms with E-state index in [1.165, 1.54) is 0 Å². The molecule has 0 aliphatic carbocycles. The molecule has 0 bridgehead atoms. The lowest BCUT2D eigenvalue weighted by molar-refractivity contribution is 0.0497. The van der Waals surface area contributed by atoms with Gasteiger partial charge in [0.2, 0.25) is 0 Å². The van der Waals surface area contributed by atoms with E-state index in [-0.39, 0.29) is 12.0 Å². The molecule has 0 spiro atoms. The maximum absolute atomic E-state index is 13.1. The summed E-state index contributed by atoms with van der Waals surface area (Å²) in [7, 11) is 0. The van der Waals surface area contributed by atoms with E-state index in [9.17, 15) is 4.79 Å². The average Bonchev–Trinajstić information content (AvgIpc) is 3.45. The van der Waals surface area contributed by atoms with Gasteiger partial charge in [0.25, 0.3) is 5.91 Å². The largest absolute Gasteiger partial charge is 0.348 e. The number of hydrogen-bond donors (Lipinski definition) is 2. The lowest BCUT2D eigenvalue weighted by atomic mass is 10.2. The van der Waals surface area contributed by atoms with Crippen LogP contribution in [-0.2, 0) is 11.4 Å². The molecule has 2 N–H and O–H groups in total. The number of nitrogens with one attached hydrogen (secondary N) is 2. The van der Waals surface area contributed by atoms with E-state index in [2.05, 4.69) is 15.8 Å². The van der Waals surface area contributed by atoms with Crippen molar-refractivity contribution >= 4 is 34.1 Å². The Kier molecular flexibility index (Phi) is 5.62. The minimum atomic E-state index is -0.267. The van der Waals surface area contributed by atoms with E-state index >= 15 is 0 Å². The number of fused-ring (bicyclic) bond motifs is 1. The summed E-state index contributed by atoms with van der Waals surface area (Å²) in [5.41, 5.74) is 7.45. The SMILES string of the molecule is O=C(NCC1C=C(c2ccncc2)NO1)c1cc2ccccc2n1Cc1ccc(Cl)cc1. The zero-order chi connectivity index (χ0) is 21.9. The van der Waals surface area contributed by atoms with Gasteiger partial charge in [-0.25, -0.2) is 0 Å². The summed E-state index contributed by atoms with van der Waals surface area (Å²) in [6.45, 7) is 0.921. The molecular formula is C25H21ClN4O2. The number of pyridine rings is 1. The summed E-state index contributed by atoms with van der Waals surface area (Å²) < 4.78 is 2.03. The van der Waals surface area contributed by atoms with Crippen LogP contribution in [0.15, 0.2) is 85.2 Å². The van der Waals surface area contributed by atoms with Gasteiger partial charge in [0.15, 0.2) is 0 Å². The summed E-state index contributed by atoms with van der Waals surface area (Å²) in [6.07, 6.45) is 5.15. The number of hydrogen-bond acceptors (Lipinski definition) is 4. The molecule has 4 aromatic rings. The number of halogens is 1. The molecule has 1 aliphatic heterocycles. The van der Waals surface area contributed by atoms with Gasteiger partial charge in [0.05, 0.1) is 12.2 Å².